The molecule has 0 spiro atoms. The normalized spacial score (nSPS) is 11.8. The lowest BCUT2D eigenvalue weighted by Crippen LogP contribution is -2.22. The van der Waals surface area contributed by atoms with Gasteiger partial charge in [0, 0.05) is 41.1 Å². The van der Waals surface area contributed by atoms with Crippen LogP contribution in [0.2, 0.25) is 0 Å². The van der Waals surface area contributed by atoms with Crippen molar-refractivity contribution < 1.29 is 13.2 Å². The van der Waals surface area contributed by atoms with Crippen molar-refractivity contribution >= 4 is 32.4 Å². The lowest BCUT2D eigenvalue weighted by molar-refractivity contribution is 0.432. The third kappa shape index (κ3) is 5.24. The van der Waals surface area contributed by atoms with Crippen LogP contribution in [-0.4, -0.2) is 54.7 Å². The summed E-state index contributed by atoms with van der Waals surface area (Å²) in [4.78, 5) is 14.0. The van der Waals surface area contributed by atoms with E-state index < -0.39 is 9.84 Å². The van der Waals surface area contributed by atoms with Gasteiger partial charge in [-0.3, -0.25) is 0 Å². The number of aromatic amines is 1. The van der Waals surface area contributed by atoms with Crippen molar-refractivity contribution in [2.45, 2.75) is 11.8 Å². The van der Waals surface area contributed by atoms with E-state index in [0.29, 0.717) is 29.8 Å². The molecule has 0 aliphatic heterocycles. The van der Waals surface area contributed by atoms with Crippen LogP contribution < -0.4 is 10.1 Å². The van der Waals surface area contributed by atoms with Crippen molar-refractivity contribution in [2.24, 2.45) is 0 Å². The molecule has 8 nitrogen and oxygen atoms in total. The van der Waals surface area contributed by atoms with E-state index in [1.807, 2.05) is 44.1 Å². The van der Waals surface area contributed by atoms with Crippen LogP contribution in [-0.2, 0) is 9.84 Å². The summed E-state index contributed by atoms with van der Waals surface area (Å²) in [5.74, 6) is 1.40. The molecule has 0 radical (unpaired) electrons. The van der Waals surface area contributed by atoms with E-state index in [1.165, 1.54) is 0 Å². The Morgan fingerprint density at radius 2 is 1.94 bits per heavy atom. The predicted octanol–water partition coefficient (Wildman–Crippen LogP) is 4.14. The second kappa shape index (κ2) is 8.97. The van der Waals surface area contributed by atoms with Crippen LogP contribution in [0.5, 0.6) is 11.6 Å². The summed E-state index contributed by atoms with van der Waals surface area (Å²) in [6.45, 7) is 2.46. The number of aryl methyl sites for hydroxylation is 1. The monoisotopic (exact) mass is 451 g/mol. The van der Waals surface area contributed by atoms with Gasteiger partial charge in [0.25, 0.3) is 0 Å². The maximum Gasteiger partial charge on any atom is 0.230 e. The van der Waals surface area contributed by atoms with Gasteiger partial charge in [-0.2, -0.15) is 4.98 Å². The molecule has 0 aliphatic rings. The maximum absolute atomic E-state index is 12.6. The molecule has 0 unspecified atom stereocenters. The standard InChI is InChI=1S/C23H25N5O3S/c1-16-13-17-14-19(7-8-21(17)25-16)31-22-9-10-24-23(27-22)26-18-5-4-6-20(15-18)32(29,30)12-11-28(2)3/h4-10,13-15,25H,11-12H2,1-3H3,(H,24,26,27). The van der Waals surface area contributed by atoms with Gasteiger partial charge in [-0.25, -0.2) is 13.4 Å². The van der Waals surface area contributed by atoms with Crippen molar-refractivity contribution in [3.63, 3.8) is 0 Å². The van der Waals surface area contributed by atoms with Crippen molar-refractivity contribution in [3.8, 4) is 11.6 Å². The van der Waals surface area contributed by atoms with Gasteiger partial charge in [0.05, 0.1) is 10.6 Å². The fraction of sp³-hybridized carbons (Fsp3) is 0.217. The molecule has 4 aromatic rings. The average molecular weight is 452 g/mol. The Kier molecular flexibility index (Phi) is 6.11. The molecule has 2 heterocycles. The van der Waals surface area contributed by atoms with E-state index >= 15 is 0 Å². The molecule has 32 heavy (non-hydrogen) atoms. The molecule has 0 bridgehead atoms. The summed E-state index contributed by atoms with van der Waals surface area (Å²) in [6, 6.07) is 16.1. The number of H-pyrrole nitrogens is 1. The quantitative estimate of drug-likeness (QED) is 0.415. The van der Waals surface area contributed by atoms with Crippen LogP contribution >= 0.6 is 0 Å². The minimum Gasteiger partial charge on any atom is -0.439 e. The van der Waals surface area contributed by atoms with E-state index in [4.69, 9.17) is 4.74 Å². The largest absolute Gasteiger partial charge is 0.439 e. The molecule has 9 heteroatoms. The Morgan fingerprint density at radius 1 is 1.09 bits per heavy atom. The number of sulfone groups is 1. The number of aromatic nitrogens is 3. The molecule has 0 saturated carbocycles. The van der Waals surface area contributed by atoms with Crippen LogP contribution in [0.15, 0.2) is 65.7 Å². The van der Waals surface area contributed by atoms with E-state index in [2.05, 4.69) is 26.3 Å². The summed E-state index contributed by atoms with van der Waals surface area (Å²) in [5, 5.41) is 4.11. The number of hydrogen-bond donors (Lipinski definition) is 2. The first-order valence-electron chi connectivity index (χ1n) is 10.1. The Balaban J connectivity index is 1.50. The van der Waals surface area contributed by atoms with Crippen molar-refractivity contribution in [1.29, 1.82) is 0 Å². The lowest BCUT2D eigenvalue weighted by Gasteiger charge is -2.11. The Morgan fingerprint density at radius 3 is 2.75 bits per heavy atom. The van der Waals surface area contributed by atoms with Gasteiger partial charge < -0.3 is 19.9 Å². The van der Waals surface area contributed by atoms with Gasteiger partial charge in [0.15, 0.2) is 9.84 Å². The molecule has 0 aliphatic carbocycles. The summed E-state index contributed by atoms with van der Waals surface area (Å²) in [5.41, 5.74) is 2.70. The summed E-state index contributed by atoms with van der Waals surface area (Å²) < 4.78 is 31.1. The maximum atomic E-state index is 12.6. The van der Waals surface area contributed by atoms with Gasteiger partial charge in [-0.1, -0.05) is 6.07 Å². The van der Waals surface area contributed by atoms with Crippen LogP contribution in [0, 0.1) is 6.92 Å². The van der Waals surface area contributed by atoms with Gasteiger partial charge >= 0.3 is 0 Å². The van der Waals surface area contributed by atoms with Crippen molar-refractivity contribution in [3.05, 3.63) is 66.5 Å². The molecule has 0 atom stereocenters. The SMILES string of the molecule is Cc1cc2cc(Oc3ccnc(Nc4cccc(S(=O)(=O)CCN(C)C)c4)n3)ccc2[nH]1. The molecule has 2 aromatic heterocycles. The molecule has 4 rings (SSSR count). The highest BCUT2D eigenvalue weighted by atomic mass is 32.2. The van der Waals surface area contributed by atoms with E-state index in [1.54, 1.807) is 36.5 Å². The number of nitrogens with one attached hydrogen (secondary N) is 2. The van der Waals surface area contributed by atoms with Gasteiger partial charge in [0.2, 0.25) is 11.8 Å². The molecule has 0 fully saturated rings. The van der Waals surface area contributed by atoms with Crippen molar-refractivity contribution in [2.75, 3.05) is 31.7 Å². The second-order valence-corrected chi connectivity index (χ2v) is 9.91. The van der Waals surface area contributed by atoms with Crippen molar-refractivity contribution in [1.82, 2.24) is 19.9 Å². The third-order valence-corrected chi connectivity index (χ3v) is 6.53. The molecular weight excluding hydrogens is 426 g/mol. The average Bonchev–Trinajstić information content (AvgIpc) is 3.12. The Bertz CT molecular complexity index is 1350. The summed E-state index contributed by atoms with van der Waals surface area (Å²) >= 11 is 0. The molecule has 2 N–H and O–H groups in total. The van der Waals surface area contributed by atoms with Crippen LogP contribution in [0.25, 0.3) is 10.9 Å². The summed E-state index contributed by atoms with van der Waals surface area (Å²) in [7, 11) is 0.304. The molecular formula is C23H25N5O3S. The van der Waals surface area contributed by atoms with Gasteiger partial charge in [-0.05, 0) is 63.5 Å². The number of rotatable bonds is 8. The Hall–Kier alpha value is -3.43. The molecule has 0 amide bonds. The van der Waals surface area contributed by atoms with E-state index in [-0.39, 0.29) is 10.6 Å². The number of nitrogens with zero attached hydrogens (tertiary/aromatic N) is 3. The topological polar surface area (TPSA) is 100 Å². The van der Waals surface area contributed by atoms with Crippen LogP contribution in [0.3, 0.4) is 0 Å². The first-order chi connectivity index (χ1) is 15.3. The minimum absolute atomic E-state index is 0.0499. The minimum atomic E-state index is -3.39. The second-order valence-electron chi connectivity index (χ2n) is 7.80. The fourth-order valence-electron chi connectivity index (χ4n) is 3.22. The number of benzene rings is 2. The molecule has 166 valence electrons. The van der Waals surface area contributed by atoms with Crippen LogP contribution in [0.4, 0.5) is 11.6 Å². The number of fused-ring (bicyclic) bond motifs is 1. The van der Waals surface area contributed by atoms with E-state index in [9.17, 15) is 8.42 Å². The van der Waals surface area contributed by atoms with E-state index in [0.717, 1.165) is 16.6 Å². The third-order valence-electron chi connectivity index (χ3n) is 4.84. The zero-order valence-corrected chi connectivity index (χ0v) is 19.0. The molecule has 2 aromatic carbocycles. The predicted molar refractivity (Wildman–Crippen MR) is 125 cm³/mol. The number of anilines is 2. The zero-order chi connectivity index (χ0) is 22.7. The van der Waals surface area contributed by atoms with Crippen LogP contribution in [0.1, 0.15) is 5.69 Å². The van der Waals surface area contributed by atoms with Gasteiger partial charge in [-0.15, -0.1) is 0 Å². The highest BCUT2D eigenvalue weighted by Crippen LogP contribution is 2.26. The first kappa shape index (κ1) is 21.8. The fourth-order valence-corrected chi connectivity index (χ4v) is 4.65. The van der Waals surface area contributed by atoms with Gasteiger partial charge in [0.1, 0.15) is 5.75 Å². The Labute approximate surface area is 187 Å². The highest BCUT2D eigenvalue weighted by molar-refractivity contribution is 7.91. The smallest absolute Gasteiger partial charge is 0.230 e. The summed E-state index contributed by atoms with van der Waals surface area (Å²) in [6.07, 6.45) is 1.58. The number of ether oxygens (including phenoxy) is 1. The number of hydrogen-bond acceptors (Lipinski definition) is 7. The molecule has 0 saturated heterocycles. The lowest BCUT2D eigenvalue weighted by atomic mass is 10.2. The first-order valence-corrected chi connectivity index (χ1v) is 11.8. The highest BCUT2D eigenvalue weighted by Gasteiger charge is 2.15. The zero-order valence-electron chi connectivity index (χ0n) is 18.2.